The number of guanidine groups is 1. The highest BCUT2D eigenvalue weighted by molar-refractivity contribution is 14.0. The molecular weight excluding hydrogens is 435 g/mol. The Morgan fingerprint density at radius 3 is 3.08 bits per heavy atom. The van der Waals surface area contributed by atoms with E-state index in [0.29, 0.717) is 12.5 Å². The summed E-state index contributed by atoms with van der Waals surface area (Å²) in [7, 11) is 1.70. The van der Waals surface area contributed by atoms with Crippen molar-refractivity contribution in [3.05, 3.63) is 12.2 Å². The van der Waals surface area contributed by atoms with Crippen LogP contribution >= 0.6 is 24.0 Å². The van der Waals surface area contributed by atoms with Crippen molar-refractivity contribution in [2.45, 2.75) is 39.3 Å². The first kappa shape index (κ1) is 22.1. The van der Waals surface area contributed by atoms with Crippen molar-refractivity contribution in [1.82, 2.24) is 25.4 Å². The van der Waals surface area contributed by atoms with Gasteiger partial charge >= 0.3 is 0 Å². The van der Waals surface area contributed by atoms with Crippen molar-refractivity contribution in [2.75, 3.05) is 40.0 Å². The molecule has 0 bridgehead atoms. The van der Waals surface area contributed by atoms with E-state index in [1.54, 1.807) is 13.4 Å². The molecule has 0 saturated carbocycles. The van der Waals surface area contributed by atoms with Gasteiger partial charge in [0.25, 0.3) is 0 Å². The number of methoxy groups -OCH3 is 1. The molecule has 1 saturated heterocycles. The largest absolute Gasteiger partial charge is 0.383 e. The third-order valence-electron chi connectivity index (χ3n) is 3.99. The van der Waals surface area contributed by atoms with Gasteiger partial charge in [-0.1, -0.05) is 6.92 Å². The maximum atomic E-state index is 5.42. The fraction of sp³-hybridized carbons (Fsp3) is 0.812. The molecule has 1 aromatic heterocycles. The molecule has 1 aromatic rings. The van der Waals surface area contributed by atoms with Crippen LogP contribution in [0.4, 0.5) is 0 Å². The van der Waals surface area contributed by atoms with E-state index in [2.05, 4.69) is 39.2 Å². The maximum absolute atomic E-state index is 5.42. The molecule has 9 heteroatoms. The predicted molar refractivity (Wildman–Crippen MR) is 109 cm³/mol. The summed E-state index contributed by atoms with van der Waals surface area (Å²) in [6, 6.07) is 0.196. The van der Waals surface area contributed by atoms with E-state index in [9.17, 15) is 0 Å². The minimum absolute atomic E-state index is 0. The van der Waals surface area contributed by atoms with Gasteiger partial charge in [0.1, 0.15) is 12.2 Å². The molecular formula is C16H31IN6O2. The Labute approximate surface area is 167 Å². The van der Waals surface area contributed by atoms with Crippen LogP contribution in [-0.2, 0) is 22.4 Å². The second kappa shape index (κ2) is 12.4. The van der Waals surface area contributed by atoms with E-state index >= 15 is 0 Å². The lowest BCUT2D eigenvalue weighted by Gasteiger charge is -2.18. The average Bonchev–Trinajstić information content (AvgIpc) is 3.24. The van der Waals surface area contributed by atoms with E-state index in [-0.39, 0.29) is 30.0 Å². The molecule has 25 heavy (non-hydrogen) atoms. The van der Waals surface area contributed by atoms with Crippen LogP contribution in [0, 0.1) is 5.92 Å². The molecule has 2 rings (SSSR count). The van der Waals surface area contributed by atoms with Crippen LogP contribution in [0.3, 0.4) is 0 Å². The Balaban J connectivity index is 0.00000312. The highest BCUT2D eigenvalue weighted by Crippen LogP contribution is 2.12. The van der Waals surface area contributed by atoms with Crippen molar-refractivity contribution in [2.24, 2.45) is 10.9 Å². The van der Waals surface area contributed by atoms with Gasteiger partial charge in [-0.25, -0.2) is 0 Å². The second-order valence-corrected chi connectivity index (χ2v) is 6.14. The predicted octanol–water partition coefficient (Wildman–Crippen LogP) is 1.07. The highest BCUT2D eigenvalue weighted by atomic mass is 127. The van der Waals surface area contributed by atoms with Gasteiger partial charge in [-0.2, -0.15) is 0 Å². The minimum Gasteiger partial charge on any atom is -0.383 e. The van der Waals surface area contributed by atoms with E-state index in [1.807, 2.05) is 0 Å². The Hall–Kier alpha value is -0.940. The minimum atomic E-state index is 0. The number of hydrogen-bond donors (Lipinski definition) is 2. The molecule has 2 unspecified atom stereocenters. The summed E-state index contributed by atoms with van der Waals surface area (Å²) in [4.78, 5) is 4.71. The Morgan fingerprint density at radius 1 is 1.56 bits per heavy atom. The van der Waals surface area contributed by atoms with Crippen LogP contribution in [0.2, 0.25) is 0 Å². The molecule has 144 valence electrons. The third kappa shape index (κ3) is 7.87. The zero-order valence-corrected chi connectivity index (χ0v) is 17.7. The van der Waals surface area contributed by atoms with Crippen molar-refractivity contribution in [3.8, 4) is 0 Å². The Bertz CT molecular complexity index is 505. The average molecular weight is 466 g/mol. The third-order valence-corrected chi connectivity index (χ3v) is 3.99. The molecule has 0 amide bonds. The highest BCUT2D eigenvalue weighted by Gasteiger charge is 2.15. The molecule has 8 nitrogen and oxygen atoms in total. The van der Waals surface area contributed by atoms with Crippen LogP contribution in [0.25, 0.3) is 0 Å². The van der Waals surface area contributed by atoms with Gasteiger partial charge in [0.05, 0.1) is 13.2 Å². The van der Waals surface area contributed by atoms with Gasteiger partial charge in [-0.15, -0.1) is 34.2 Å². The van der Waals surface area contributed by atoms with Gasteiger partial charge in [-0.3, -0.25) is 4.99 Å². The first-order chi connectivity index (χ1) is 11.7. The van der Waals surface area contributed by atoms with Gasteiger partial charge in [0.15, 0.2) is 5.96 Å². The normalized spacial score (nSPS) is 18.7. The molecule has 2 atom stereocenters. The molecule has 2 N–H and O–H groups in total. The van der Waals surface area contributed by atoms with Crippen LogP contribution in [0.1, 0.15) is 26.1 Å². The molecule has 0 aliphatic carbocycles. The van der Waals surface area contributed by atoms with Gasteiger partial charge in [0, 0.05) is 51.7 Å². The summed E-state index contributed by atoms with van der Waals surface area (Å²) < 4.78 is 12.7. The molecule has 0 aromatic carbocycles. The number of hydrogen-bond acceptors (Lipinski definition) is 5. The number of ether oxygens (including phenoxy) is 2. The van der Waals surface area contributed by atoms with E-state index in [0.717, 1.165) is 57.5 Å². The number of halogens is 1. The fourth-order valence-electron chi connectivity index (χ4n) is 2.66. The summed E-state index contributed by atoms with van der Waals surface area (Å²) in [5.41, 5.74) is 0. The molecule has 1 aliphatic rings. The quantitative estimate of drug-likeness (QED) is 0.322. The van der Waals surface area contributed by atoms with Crippen LogP contribution in [0.5, 0.6) is 0 Å². The van der Waals surface area contributed by atoms with Crippen LogP contribution in [-0.4, -0.2) is 66.8 Å². The fourth-order valence-corrected chi connectivity index (χ4v) is 2.66. The van der Waals surface area contributed by atoms with Crippen molar-refractivity contribution >= 4 is 29.9 Å². The van der Waals surface area contributed by atoms with Gasteiger partial charge in [-0.05, 0) is 13.3 Å². The van der Waals surface area contributed by atoms with E-state index in [4.69, 9.17) is 14.5 Å². The number of nitrogens with one attached hydrogen (secondary N) is 2. The van der Waals surface area contributed by atoms with E-state index < -0.39 is 0 Å². The van der Waals surface area contributed by atoms with Gasteiger partial charge < -0.3 is 24.7 Å². The SMILES string of the molecule is CCc1nncn1CCNC(=NCC1CCOC1)NC(C)COC.I. The summed E-state index contributed by atoms with van der Waals surface area (Å²) >= 11 is 0. The molecule has 1 aliphatic heterocycles. The number of aryl methyl sites for hydroxylation is 1. The van der Waals surface area contributed by atoms with Crippen LogP contribution in [0.15, 0.2) is 11.3 Å². The maximum Gasteiger partial charge on any atom is 0.191 e. The number of nitrogens with zero attached hydrogens (tertiary/aromatic N) is 4. The van der Waals surface area contributed by atoms with Crippen molar-refractivity contribution < 1.29 is 9.47 Å². The zero-order chi connectivity index (χ0) is 17.2. The van der Waals surface area contributed by atoms with Crippen molar-refractivity contribution in [3.63, 3.8) is 0 Å². The molecule has 1 fully saturated rings. The molecule has 0 spiro atoms. The summed E-state index contributed by atoms with van der Waals surface area (Å²) in [6.07, 6.45) is 3.74. The smallest absolute Gasteiger partial charge is 0.191 e. The first-order valence-corrected chi connectivity index (χ1v) is 8.71. The summed E-state index contributed by atoms with van der Waals surface area (Å²) in [6.45, 7) is 8.81. The number of aromatic nitrogens is 3. The number of rotatable bonds is 9. The Kier molecular flexibility index (Phi) is 11.0. The number of aliphatic imine (C=N–C) groups is 1. The second-order valence-electron chi connectivity index (χ2n) is 6.14. The topological polar surface area (TPSA) is 85.6 Å². The molecule has 0 radical (unpaired) electrons. The van der Waals surface area contributed by atoms with Gasteiger partial charge in [0.2, 0.25) is 0 Å². The standard InChI is InChI=1S/C16H30N6O2.HI/c1-4-15-21-19-12-22(15)7-6-17-16(20-13(2)10-23-3)18-9-14-5-8-24-11-14;/h12-14H,4-11H2,1-3H3,(H2,17,18,20);1H. The summed E-state index contributed by atoms with van der Waals surface area (Å²) in [5, 5.41) is 14.8. The molecule has 2 heterocycles. The lowest BCUT2D eigenvalue weighted by molar-refractivity contribution is 0.178. The van der Waals surface area contributed by atoms with Crippen LogP contribution < -0.4 is 10.6 Å². The van der Waals surface area contributed by atoms with E-state index in [1.165, 1.54) is 0 Å². The Morgan fingerprint density at radius 2 is 2.40 bits per heavy atom. The first-order valence-electron chi connectivity index (χ1n) is 8.71. The lowest BCUT2D eigenvalue weighted by atomic mass is 10.1. The summed E-state index contributed by atoms with van der Waals surface area (Å²) in [5.74, 6) is 2.34. The lowest BCUT2D eigenvalue weighted by Crippen LogP contribution is -2.45. The monoisotopic (exact) mass is 466 g/mol. The van der Waals surface area contributed by atoms with Crippen molar-refractivity contribution in [1.29, 1.82) is 0 Å². The zero-order valence-electron chi connectivity index (χ0n) is 15.4.